The van der Waals surface area contributed by atoms with E-state index in [1.807, 2.05) is 17.5 Å². The maximum atomic E-state index is 13.1. The van der Waals surface area contributed by atoms with E-state index in [9.17, 15) is 14.7 Å². The van der Waals surface area contributed by atoms with Gasteiger partial charge in [-0.3, -0.25) is 9.59 Å². The molecule has 0 bridgehead atoms. The van der Waals surface area contributed by atoms with E-state index in [1.165, 1.54) is 42.6 Å². The number of carbonyl (C=O) groups excluding carboxylic acids is 2. The summed E-state index contributed by atoms with van der Waals surface area (Å²) in [4.78, 5) is 28.3. The lowest BCUT2D eigenvalue weighted by Gasteiger charge is -2.26. The van der Waals surface area contributed by atoms with Crippen molar-refractivity contribution in [2.75, 3.05) is 27.4 Å². The SMILES string of the molecule is COc1cc(OC)c(/C(O)=C2/C(=O)C(=O)N(CC3CCCO3)C2c2cccs2)cc1Cl. The van der Waals surface area contributed by atoms with E-state index in [2.05, 4.69) is 0 Å². The number of methoxy groups -OCH3 is 2. The van der Waals surface area contributed by atoms with Crippen molar-refractivity contribution in [3.63, 3.8) is 0 Å². The third-order valence-corrected chi connectivity index (χ3v) is 6.73. The number of hydrogen-bond donors (Lipinski definition) is 1. The number of likely N-dealkylation sites (tertiary alicyclic amines) is 1. The summed E-state index contributed by atoms with van der Waals surface area (Å²) in [6, 6.07) is 5.97. The van der Waals surface area contributed by atoms with Crippen molar-refractivity contribution in [3.05, 3.63) is 50.7 Å². The number of nitrogens with zero attached hydrogens (tertiary/aromatic N) is 1. The maximum Gasteiger partial charge on any atom is 0.295 e. The first-order valence-corrected chi connectivity index (χ1v) is 11.1. The second-order valence-corrected chi connectivity index (χ2v) is 8.68. The molecule has 0 aliphatic carbocycles. The molecule has 2 aliphatic rings. The van der Waals surface area contributed by atoms with Gasteiger partial charge in [0.2, 0.25) is 0 Å². The highest BCUT2D eigenvalue weighted by atomic mass is 35.5. The van der Waals surface area contributed by atoms with Crippen LogP contribution in [0.1, 0.15) is 29.3 Å². The second-order valence-electron chi connectivity index (χ2n) is 7.29. The van der Waals surface area contributed by atoms with Crippen LogP contribution in [0.3, 0.4) is 0 Å². The van der Waals surface area contributed by atoms with Crippen LogP contribution in [-0.2, 0) is 14.3 Å². The van der Waals surface area contributed by atoms with Crippen LogP contribution in [-0.4, -0.2) is 55.2 Å². The molecule has 2 fully saturated rings. The Morgan fingerprint density at radius 3 is 2.68 bits per heavy atom. The minimum absolute atomic E-state index is 0.00461. The number of ether oxygens (including phenoxy) is 3. The lowest BCUT2D eigenvalue weighted by molar-refractivity contribution is -0.140. The van der Waals surface area contributed by atoms with Gasteiger partial charge in [-0.15, -0.1) is 11.3 Å². The molecule has 1 aromatic heterocycles. The molecule has 2 atom stereocenters. The summed E-state index contributed by atoms with van der Waals surface area (Å²) >= 11 is 7.67. The van der Waals surface area contributed by atoms with Crippen molar-refractivity contribution in [1.29, 1.82) is 0 Å². The number of amides is 1. The molecule has 2 unspecified atom stereocenters. The average Bonchev–Trinajstić information content (AvgIpc) is 3.52. The van der Waals surface area contributed by atoms with Gasteiger partial charge >= 0.3 is 0 Å². The van der Waals surface area contributed by atoms with E-state index >= 15 is 0 Å². The molecular weight excluding hydrogens is 442 g/mol. The van der Waals surface area contributed by atoms with E-state index in [4.69, 9.17) is 25.8 Å². The molecule has 2 aliphatic heterocycles. The smallest absolute Gasteiger partial charge is 0.295 e. The largest absolute Gasteiger partial charge is 0.507 e. The van der Waals surface area contributed by atoms with Crippen LogP contribution in [0.2, 0.25) is 5.02 Å². The molecule has 0 spiro atoms. The van der Waals surface area contributed by atoms with Crippen LogP contribution >= 0.6 is 22.9 Å². The molecule has 1 amide bonds. The van der Waals surface area contributed by atoms with Crippen molar-refractivity contribution in [2.24, 2.45) is 0 Å². The Morgan fingerprint density at radius 1 is 1.29 bits per heavy atom. The Balaban J connectivity index is 1.85. The van der Waals surface area contributed by atoms with Crippen LogP contribution < -0.4 is 9.47 Å². The summed E-state index contributed by atoms with van der Waals surface area (Å²) in [5.41, 5.74) is 0.218. The number of aliphatic hydroxyl groups excluding tert-OH is 1. The van der Waals surface area contributed by atoms with Crippen LogP contribution in [0.5, 0.6) is 11.5 Å². The number of thiophene rings is 1. The third kappa shape index (κ3) is 3.91. The fraction of sp³-hybridized carbons (Fsp3) is 0.364. The van der Waals surface area contributed by atoms with Gasteiger partial charge in [0.1, 0.15) is 17.3 Å². The molecule has 0 radical (unpaired) electrons. The van der Waals surface area contributed by atoms with E-state index in [0.29, 0.717) is 12.4 Å². The summed E-state index contributed by atoms with van der Waals surface area (Å²) in [5, 5.41) is 13.3. The number of carbonyl (C=O) groups is 2. The highest BCUT2D eigenvalue weighted by molar-refractivity contribution is 7.10. The fourth-order valence-electron chi connectivity index (χ4n) is 4.01. The Kier molecular flexibility index (Phi) is 6.22. The average molecular weight is 464 g/mol. The topological polar surface area (TPSA) is 85.3 Å². The summed E-state index contributed by atoms with van der Waals surface area (Å²) in [6.07, 6.45) is 1.60. The first kappa shape index (κ1) is 21.7. The van der Waals surface area contributed by atoms with E-state index in [-0.39, 0.29) is 40.3 Å². The minimum atomic E-state index is -0.747. The van der Waals surface area contributed by atoms with Gasteiger partial charge in [0, 0.05) is 24.1 Å². The molecule has 2 aromatic rings. The van der Waals surface area contributed by atoms with Crippen LogP contribution in [0.15, 0.2) is 35.2 Å². The number of halogens is 1. The zero-order valence-corrected chi connectivity index (χ0v) is 18.7. The van der Waals surface area contributed by atoms with Gasteiger partial charge in [0.15, 0.2) is 0 Å². The Morgan fingerprint density at radius 2 is 2.06 bits per heavy atom. The normalized spacial score (nSPS) is 22.9. The number of benzene rings is 1. The highest BCUT2D eigenvalue weighted by Gasteiger charge is 2.47. The molecular formula is C22H22ClNO6S. The van der Waals surface area contributed by atoms with Gasteiger partial charge in [-0.25, -0.2) is 0 Å². The van der Waals surface area contributed by atoms with Crippen LogP contribution in [0.25, 0.3) is 5.76 Å². The highest BCUT2D eigenvalue weighted by Crippen LogP contribution is 2.44. The molecule has 7 nitrogen and oxygen atoms in total. The molecule has 0 saturated carbocycles. The Hall–Kier alpha value is -2.55. The van der Waals surface area contributed by atoms with E-state index < -0.39 is 17.7 Å². The van der Waals surface area contributed by atoms with Crippen molar-refractivity contribution in [1.82, 2.24) is 4.90 Å². The molecule has 164 valence electrons. The van der Waals surface area contributed by atoms with Gasteiger partial charge in [-0.2, -0.15) is 0 Å². The number of aliphatic hydroxyl groups is 1. The molecule has 2 saturated heterocycles. The first-order chi connectivity index (χ1) is 15.0. The first-order valence-electron chi connectivity index (χ1n) is 9.81. The molecule has 1 N–H and O–H groups in total. The molecule has 9 heteroatoms. The maximum absolute atomic E-state index is 13.1. The number of rotatable bonds is 6. The molecule has 3 heterocycles. The predicted molar refractivity (Wildman–Crippen MR) is 117 cm³/mol. The number of ketones is 1. The fourth-order valence-corrected chi connectivity index (χ4v) is 5.10. The Labute approximate surface area is 188 Å². The molecule has 4 rings (SSSR count). The van der Waals surface area contributed by atoms with Gasteiger partial charge in [-0.05, 0) is 30.4 Å². The van der Waals surface area contributed by atoms with Crippen molar-refractivity contribution in [3.8, 4) is 11.5 Å². The van der Waals surface area contributed by atoms with Crippen LogP contribution in [0.4, 0.5) is 0 Å². The van der Waals surface area contributed by atoms with Crippen molar-refractivity contribution < 1.29 is 28.9 Å². The quantitative estimate of drug-likeness (QED) is 0.395. The standard InChI is InChI=1S/C22H22ClNO6S/c1-28-15-10-16(29-2)14(23)9-13(15)20(25)18-19(17-6-4-8-31-17)24(22(27)21(18)26)11-12-5-3-7-30-12/h4,6,8-10,12,19,25H,3,5,7,11H2,1-2H3/b20-18-. The summed E-state index contributed by atoms with van der Waals surface area (Å²) in [5.74, 6) is -1.11. The van der Waals surface area contributed by atoms with Crippen molar-refractivity contribution in [2.45, 2.75) is 25.0 Å². The third-order valence-electron chi connectivity index (χ3n) is 5.51. The summed E-state index contributed by atoms with van der Waals surface area (Å²) < 4.78 is 16.3. The zero-order chi connectivity index (χ0) is 22.1. The Bertz CT molecular complexity index is 1030. The van der Waals surface area contributed by atoms with Gasteiger partial charge < -0.3 is 24.2 Å². The second kappa shape index (κ2) is 8.90. The lowest BCUT2D eigenvalue weighted by atomic mass is 9.99. The number of Topliss-reactive ketones (excluding diaryl/α,β-unsaturated/α-hetero) is 1. The minimum Gasteiger partial charge on any atom is -0.507 e. The lowest BCUT2D eigenvalue weighted by Crippen LogP contribution is -2.36. The summed E-state index contributed by atoms with van der Waals surface area (Å²) in [7, 11) is 2.90. The van der Waals surface area contributed by atoms with Gasteiger partial charge in [-0.1, -0.05) is 17.7 Å². The number of hydrogen-bond acceptors (Lipinski definition) is 7. The van der Waals surface area contributed by atoms with Gasteiger partial charge in [0.25, 0.3) is 11.7 Å². The van der Waals surface area contributed by atoms with E-state index in [1.54, 1.807) is 0 Å². The summed E-state index contributed by atoms with van der Waals surface area (Å²) in [6.45, 7) is 0.921. The van der Waals surface area contributed by atoms with Crippen molar-refractivity contribution >= 4 is 40.4 Å². The monoisotopic (exact) mass is 463 g/mol. The molecule has 1 aromatic carbocycles. The van der Waals surface area contributed by atoms with Gasteiger partial charge in [0.05, 0.1) is 42.5 Å². The van der Waals surface area contributed by atoms with Crippen LogP contribution in [0, 0.1) is 0 Å². The molecule has 31 heavy (non-hydrogen) atoms. The van der Waals surface area contributed by atoms with E-state index in [0.717, 1.165) is 17.7 Å². The predicted octanol–water partition coefficient (Wildman–Crippen LogP) is 4.02. The zero-order valence-electron chi connectivity index (χ0n) is 17.1.